The van der Waals surface area contributed by atoms with E-state index in [1.54, 1.807) is 16.7 Å². The van der Waals surface area contributed by atoms with Crippen molar-refractivity contribution in [3.63, 3.8) is 0 Å². The molecule has 112 valence electrons. The van der Waals surface area contributed by atoms with Gasteiger partial charge in [-0.25, -0.2) is 0 Å². The van der Waals surface area contributed by atoms with Gasteiger partial charge in [-0.2, -0.15) is 0 Å². The molecular formula is C19H31N. The van der Waals surface area contributed by atoms with Gasteiger partial charge in [0.1, 0.15) is 0 Å². The Bertz CT molecular complexity index is 499. The second-order valence-corrected chi connectivity index (χ2v) is 7.36. The second-order valence-electron chi connectivity index (χ2n) is 7.36. The first-order valence-corrected chi connectivity index (χ1v) is 8.09. The Kier molecular flexibility index (Phi) is 4.30. The standard InChI is InChI=1S/C19H31N/c1-11(2)16-9-13(5)14(6)18-15(7)20(8)10-17(12(3)4)19(16)18/h9,11-12,15,17H,10H2,1-8H3/t15-,17?/m1/s1. The van der Waals surface area contributed by atoms with E-state index >= 15 is 0 Å². The summed E-state index contributed by atoms with van der Waals surface area (Å²) in [4.78, 5) is 2.53. The van der Waals surface area contributed by atoms with E-state index in [0.29, 0.717) is 23.8 Å². The monoisotopic (exact) mass is 273 g/mol. The lowest BCUT2D eigenvalue weighted by Crippen LogP contribution is -2.37. The van der Waals surface area contributed by atoms with E-state index in [2.05, 4.69) is 66.5 Å². The van der Waals surface area contributed by atoms with E-state index in [-0.39, 0.29) is 0 Å². The number of rotatable bonds is 2. The molecule has 0 aliphatic carbocycles. The van der Waals surface area contributed by atoms with Crippen molar-refractivity contribution in [3.8, 4) is 0 Å². The zero-order valence-electron chi connectivity index (χ0n) is 14.5. The fraction of sp³-hybridized carbons (Fsp3) is 0.684. The molecule has 0 amide bonds. The fourth-order valence-electron chi connectivity index (χ4n) is 3.74. The van der Waals surface area contributed by atoms with Gasteiger partial charge in [0.15, 0.2) is 0 Å². The van der Waals surface area contributed by atoms with Crippen molar-refractivity contribution in [2.75, 3.05) is 13.6 Å². The molecule has 2 atom stereocenters. The first kappa shape index (κ1) is 15.6. The maximum Gasteiger partial charge on any atom is 0.0322 e. The third-order valence-electron chi connectivity index (χ3n) is 5.33. The van der Waals surface area contributed by atoms with E-state index in [4.69, 9.17) is 0 Å². The molecule has 1 aliphatic rings. The average molecular weight is 273 g/mol. The molecule has 20 heavy (non-hydrogen) atoms. The maximum absolute atomic E-state index is 2.53. The van der Waals surface area contributed by atoms with Gasteiger partial charge in [0.25, 0.3) is 0 Å². The molecular weight excluding hydrogens is 242 g/mol. The summed E-state index contributed by atoms with van der Waals surface area (Å²) in [7, 11) is 2.28. The Morgan fingerprint density at radius 3 is 2.20 bits per heavy atom. The van der Waals surface area contributed by atoms with Crippen molar-refractivity contribution in [3.05, 3.63) is 33.9 Å². The van der Waals surface area contributed by atoms with Gasteiger partial charge in [0, 0.05) is 12.6 Å². The molecule has 0 saturated carbocycles. The highest BCUT2D eigenvalue weighted by atomic mass is 15.1. The van der Waals surface area contributed by atoms with Crippen LogP contribution in [0.25, 0.3) is 0 Å². The van der Waals surface area contributed by atoms with Crippen LogP contribution in [0.5, 0.6) is 0 Å². The fourth-order valence-corrected chi connectivity index (χ4v) is 3.74. The van der Waals surface area contributed by atoms with Crippen molar-refractivity contribution in [2.24, 2.45) is 5.92 Å². The lowest BCUT2D eigenvalue weighted by atomic mass is 9.73. The van der Waals surface area contributed by atoms with Gasteiger partial charge < -0.3 is 0 Å². The molecule has 2 rings (SSSR count). The van der Waals surface area contributed by atoms with E-state index in [0.717, 1.165) is 0 Å². The SMILES string of the molecule is Cc1cc(C(C)C)c2c(c1C)[C@@H](C)N(C)CC2C(C)C. The minimum absolute atomic E-state index is 0.539. The molecule has 1 heteroatoms. The van der Waals surface area contributed by atoms with Gasteiger partial charge in [-0.05, 0) is 73.4 Å². The summed E-state index contributed by atoms with van der Waals surface area (Å²) in [5.74, 6) is 1.98. The zero-order valence-corrected chi connectivity index (χ0v) is 14.5. The molecule has 0 radical (unpaired) electrons. The zero-order chi connectivity index (χ0) is 15.2. The summed E-state index contributed by atoms with van der Waals surface area (Å²) < 4.78 is 0. The van der Waals surface area contributed by atoms with Crippen LogP contribution in [0.2, 0.25) is 0 Å². The molecule has 1 heterocycles. The Morgan fingerprint density at radius 2 is 1.70 bits per heavy atom. The predicted octanol–water partition coefficient (Wildman–Crippen LogP) is 5.17. The maximum atomic E-state index is 2.53. The number of nitrogens with zero attached hydrogens (tertiary/aromatic N) is 1. The topological polar surface area (TPSA) is 3.24 Å². The number of likely N-dealkylation sites (N-methyl/N-ethyl adjacent to an activating group) is 1. The van der Waals surface area contributed by atoms with Crippen molar-refractivity contribution in [1.82, 2.24) is 4.90 Å². The highest BCUT2D eigenvalue weighted by molar-refractivity contribution is 5.51. The number of benzene rings is 1. The van der Waals surface area contributed by atoms with Crippen LogP contribution in [0.15, 0.2) is 6.07 Å². The van der Waals surface area contributed by atoms with Crippen molar-refractivity contribution < 1.29 is 0 Å². The predicted molar refractivity (Wildman–Crippen MR) is 88.6 cm³/mol. The molecule has 0 saturated heterocycles. The molecule has 1 aromatic rings. The van der Waals surface area contributed by atoms with E-state index in [9.17, 15) is 0 Å². The Balaban J connectivity index is 2.76. The normalized spacial score (nSPS) is 23.5. The largest absolute Gasteiger partial charge is 0.299 e. The highest BCUT2D eigenvalue weighted by Gasteiger charge is 2.34. The van der Waals surface area contributed by atoms with Gasteiger partial charge in [0.05, 0.1) is 0 Å². The van der Waals surface area contributed by atoms with Gasteiger partial charge in [-0.3, -0.25) is 4.90 Å². The molecule has 0 aromatic heterocycles. The van der Waals surface area contributed by atoms with Crippen molar-refractivity contribution in [2.45, 2.75) is 66.3 Å². The van der Waals surface area contributed by atoms with Gasteiger partial charge in [0.2, 0.25) is 0 Å². The van der Waals surface area contributed by atoms with Gasteiger partial charge in [-0.1, -0.05) is 33.8 Å². The summed E-state index contributed by atoms with van der Waals surface area (Å²) in [5, 5.41) is 0. The molecule has 1 unspecified atom stereocenters. The molecule has 0 bridgehead atoms. The summed E-state index contributed by atoms with van der Waals surface area (Å²) >= 11 is 0. The summed E-state index contributed by atoms with van der Waals surface area (Å²) in [5.41, 5.74) is 7.83. The van der Waals surface area contributed by atoms with Crippen LogP contribution in [0, 0.1) is 19.8 Å². The number of hydrogen-bond acceptors (Lipinski definition) is 1. The van der Waals surface area contributed by atoms with Crippen LogP contribution in [0.4, 0.5) is 0 Å². The van der Waals surface area contributed by atoms with Crippen LogP contribution < -0.4 is 0 Å². The summed E-state index contributed by atoms with van der Waals surface area (Å²) in [6, 6.07) is 2.99. The molecule has 1 aromatic carbocycles. The average Bonchev–Trinajstić information content (AvgIpc) is 2.36. The lowest BCUT2D eigenvalue weighted by Gasteiger charge is -2.42. The van der Waals surface area contributed by atoms with E-state index in [1.807, 2.05) is 0 Å². The molecule has 0 spiro atoms. The summed E-state index contributed by atoms with van der Waals surface area (Å²) in [6.45, 7) is 17.6. The Morgan fingerprint density at radius 1 is 1.10 bits per heavy atom. The van der Waals surface area contributed by atoms with Crippen molar-refractivity contribution >= 4 is 0 Å². The minimum Gasteiger partial charge on any atom is -0.299 e. The smallest absolute Gasteiger partial charge is 0.0322 e. The molecule has 1 aliphatic heterocycles. The van der Waals surface area contributed by atoms with Crippen LogP contribution in [-0.4, -0.2) is 18.5 Å². The molecule has 0 fully saturated rings. The Hall–Kier alpha value is -0.820. The van der Waals surface area contributed by atoms with Crippen LogP contribution in [0.1, 0.15) is 80.3 Å². The minimum atomic E-state index is 0.539. The third-order valence-corrected chi connectivity index (χ3v) is 5.33. The van der Waals surface area contributed by atoms with E-state index in [1.165, 1.54) is 17.7 Å². The number of fused-ring (bicyclic) bond motifs is 1. The van der Waals surface area contributed by atoms with Gasteiger partial charge in [-0.15, -0.1) is 0 Å². The number of hydrogen-bond donors (Lipinski definition) is 0. The van der Waals surface area contributed by atoms with Crippen LogP contribution in [-0.2, 0) is 0 Å². The molecule has 1 nitrogen and oxygen atoms in total. The number of aryl methyl sites for hydroxylation is 1. The first-order valence-electron chi connectivity index (χ1n) is 8.09. The highest BCUT2D eigenvalue weighted by Crippen LogP contribution is 2.44. The lowest BCUT2D eigenvalue weighted by molar-refractivity contribution is 0.201. The Labute approximate surface area is 125 Å². The van der Waals surface area contributed by atoms with Crippen LogP contribution >= 0.6 is 0 Å². The van der Waals surface area contributed by atoms with E-state index < -0.39 is 0 Å². The first-order chi connectivity index (χ1) is 9.25. The van der Waals surface area contributed by atoms with Crippen molar-refractivity contribution in [1.29, 1.82) is 0 Å². The summed E-state index contributed by atoms with van der Waals surface area (Å²) in [6.07, 6.45) is 0. The van der Waals surface area contributed by atoms with Gasteiger partial charge >= 0.3 is 0 Å². The second kappa shape index (κ2) is 5.52. The van der Waals surface area contributed by atoms with Crippen LogP contribution in [0.3, 0.4) is 0 Å². The quantitative estimate of drug-likeness (QED) is 0.718. The third kappa shape index (κ3) is 2.41. The molecule has 0 N–H and O–H groups in total.